The summed E-state index contributed by atoms with van der Waals surface area (Å²) in [6, 6.07) is 11.5. The lowest BCUT2D eigenvalue weighted by atomic mass is 10.1. The fraction of sp³-hybridized carbons (Fsp3) is 0.618. The van der Waals surface area contributed by atoms with Gasteiger partial charge in [-0.05, 0) is 63.0 Å². The van der Waals surface area contributed by atoms with E-state index in [1.165, 1.54) is 76.3 Å². The molecule has 40 heavy (non-hydrogen) atoms. The normalized spacial score (nSPS) is 14.8. The van der Waals surface area contributed by atoms with Gasteiger partial charge in [0.1, 0.15) is 0 Å². The van der Waals surface area contributed by atoms with Gasteiger partial charge in [0.25, 0.3) is 0 Å². The van der Waals surface area contributed by atoms with Crippen molar-refractivity contribution < 1.29 is 19.1 Å². The van der Waals surface area contributed by atoms with Crippen LogP contribution < -0.4 is 0 Å². The molecule has 1 aromatic heterocycles. The second kappa shape index (κ2) is 21.1. The van der Waals surface area contributed by atoms with E-state index in [2.05, 4.69) is 36.8 Å². The van der Waals surface area contributed by atoms with E-state index in [-0.39, 0.29) is 0 Å². The van der Waals surface area contributed by atoms with E-state index < -0.39 is 11.9 Å². The van der Waals surface area contributed by atoms with Gasteiger partial charge in [0.05, 0.1) is 24.3 Å². The molecule has 3 rings (SSSR count). The van der Waals surface area contributed by atoms with Crippen molar-refractivity contribution in [3.63, 3.8) is 0 Å². The Balaban J connectivity index is 0.000000382. The standard InChI is InChI=1S/C24H38O4.C10H14N2/c1-3-5-7-9-11-15-19-27-23(25)21-17-13-14-18-22(21)24(26)28-20-16-12-10-8-6-4-2;1-12-7-3-5-10(12)9-4-2-6-11-8-9/h13-14,17-18H,3-12,15-16,19-20H2,1-2H3;2,4,6,8,10H,3,5,7H2,1H3. The summed E-state index contributed by atoms with van der Waals surface area (Å²) in [6.45, 7) is 6.40. The number of hydrogen-bond acceptors (Lipinski definition) is 6. The molecule has 0 bridgehead atoms. The molecule has 2 heterocycles. The molecule has 1 aliphatic heterocycles. The number of esters is 2. The number of aromatic nitrogens is 1. The van der Waals surface area contributed by atoms with Crippen molar-refractivity contribution in [3.8, 4) is 0 Å². The predicted molar refractivity (Wildman–Crippen MR) is 163 cm³/mol. The van der Waals surface area contributed by atoms with Crippen LogP contribution in [0.2, 0.25) is 0 Å². The quantitative estimate of drug-likeness (QED) is 0.145. The largest absolute Gasteiger partial charge is 0.462 e. The minimum absolute atomic E-state index is 0.293. The maximum absolute atomic E-state index is 12.4. The zero-order chi connectivity index (χ0) is 28.8. The Hall–Kier alpha value is -2.73. The first-order valence-electron chi connectivity index (χ1n) is 15.6. The van der Waals surface area contributed by atoms with Gasteiger partial charge in [-0.2, -0.15) is 0 Å². The number of carbonyl (C=O) groups excluding carboxylic acids is 2. The summed E-state index contributed by atoms with van der Waals surface area (Å²) < 4.78 is 10.7. The van der Waals surface area contributed by atoms with Crippen LogP contribution in [0.15, 0.2) is 48.8 Å². The number of pyridine rings is 1. The minimum Gasteiger partial charge on any atom is -0.462 e. The van der Waals surface area contributed by atoms with Crippen LogP contribution in [0.5, 0.6) is 0 Å². The molecule has 1 atom stereocenters. The Kier molecular flexibility index (Phi) is 17.6. The highest BCUT2D eigenvalue weighted by Gasteiger charge is 2.22. The molecular formula is C34H52N2O4. The van der Waals surface area contributed by atoms with E-state index in [1.807, 2.05) is 18.5 Å². The van der Waals surface area contributed by atoms with Crippen molar-refractivity contribution in [1.82, 2.24) is 9.88 Å². The minimum atomic E-state index is -0.444. The molecule has 1 unspecified atom stereocenters. The monoisotopic (exact) mass is 552 g/mol. The Morgan fingerprint density at radius 3 is 1.75 bits per heavy atom. The van der Waals surface area contributed by atoms with Crippen LogP contribution in [0.25, 0.3) is 0 Å². The number of unbranched alkanes of at least 4 members (excludes halogenated alkanes) is 10. The fourth-order valence-corrected chi connectivity index (χ4v) is 4.99. The van der Waals surface area contributed by atoms with Gasteiger partial charge >= 0.3 is 11.9 Å². The number of benzene rings is 1. The van der Waals surface area contributed by atoms with Gasteiger partial charge in [-0.1, -0.05) is 96.3 Å². The third kappa shape index (κ3) is 13.1. The third-order valence-electron chi connectivity index (χ3n) is 7.42. The van der Waals surface area contributed by atoms with Crippen molar-refractivity contribution in [2.45, 2.75) is 110 Å². The molecule has 222 valence electrons. The summed E-state index contributed by atoms with van der Waals surface area (Å²) in [4.78, 5) is 31.2. The molecule has 0 amide bonds. The number of ether oxygens (including phenoxy) is 2. The average Bonchev–Trinajstić information content (AvgIpc) is 3.42. The Labute approximate surface area is 242 Å². The van der Waals surface area contributed by atoms with E-state index in [9.17, 15) is 9.59 Å². The van der Waals surface area contributed by atoms with Gasteiger partial charge in [-0.15, -0.1) is 0 Å². The molecule has 6 nitrogen and oxygen atoms in total. The Morgan fingerprint density at radius 2 is 1.30 bits per heavy atom. The highest BCUT2D eigenvalue weighted by atomic mass is 16.5. The van der Waals surface area contributed by atoms with Gasteiger partial charge in [-0.3, -0.25) is 9.88 Å². The first-order valence-corrected chi connectivity index (χ1v) is 15.6. The lowest BCUT2D eigenvalue weighted by molar-refractivity contribution is 0.0450. The Morgan fingerprint density at radius 1 is 0.775 bits per heavy atom. The van der Waals surface area contributed by atoms with Crippen molar-refractivity contribution >= 4 is 11.9 Å². The van der Waals surface area contributed by atoms with Crippen molar-refractivity contribution in [3.05, 3.63) is 65.5 Å². The van der Waals surface area contributed by atoms with Crippen LogP contribution in [-0.4, -0.2) is 48.6 Å². The smallest absolute Gasteiger partial charge is 0.339 e. The summed E-state index contributed by atoms with van der Waals surface area (Å²) in [5, 5.41) is 0. The van der Waals surface area contributed by atoms with Gasteiger partial charge in [0, 0.05) is 18.4 Å². The molecule has 0 aliphatic carbocycles. The van der Waals surface area contributed by atoms with E-state index in [0.717, 1.165) is 25.7 Å². The number of likely N-dealkylation sites (tertiary alicyclic amines) is 1. The van der Waals surface area contributed by atoms with Gasteiger partial charge in [-0.25, -0.2) is 9.59 Å². The first kappa shape index (κ1) is 33.5. The van der Waals surface area contributed by atoms with E-state index in [4.69, 9.17) is 9.47 Å². The molecule has 1 fully saturated rings. The zero-order valence-corrected chi connectivity index (χ0v) is 25.2. The van der Waals surface area contributed by atoms with Gasteiger partial charge in [0.15, 0.2) is 0 Å². The third-order valence-corrected chi connectivity index (χ3v) is 7.42. The molecule has 1 saturated heterocycles. The lowest BCUT2D eigenvalue weighted by Gasteiger charge is -2.18. The van der Waals surface area contributed by atoms with Crippen molar-refractivity contribution in [2.24, 2.45) is 0 Å². The fourth-order valence-electron chi connectivity index (χ4n) is 4.99. The molecule has 1 aliphatic rings. The molecule has 6 heteroatoms. The molecule has 0 saturated carbocycles. The average molecular weight is 553 g/mol. The highest BCUT2D eigenvalue weighted by molar-refractivity contribution is 6.03. The number of nitrogens with zero attached hydrogens (tertiary/aromatic N) is 2. The zero-order valence-electron chi connectivity index (χ0n) is 25.2. The number of carbonyl (C=O) groups is 2. The molecule has 2 aromatic rings. The van der Waals surface area contributed by atoms with E-state index in [1.54, 1.807) is 24.3 Å². The Bertz CT molecular complexity index is 901. The van der Waals surface area contributed by atoms with Crippen LogP contribution in [-0.2, 0) is 9.47 Å². The lowest BCUT2D eigenvalue weighted by Crippen LogP contribution is -2.17. The SMILES string of the molecule is CCCCCCCCOC(=O)c1ccccc1C(=O)OCCCCCCCC.CN1CCCC1c1cccnc1. The van der Waals surface area contributed by atoms with Crippen molar-refractivity contribution in [2.75, 3.05) is 26.8 Å². The molecular weight excluding hydrogens is 500 g/mol. The summed E-state index contributed by atoms with van der Waals surface area (Å²) in [7, 11) is 2.19. The van der Waals surface area contributed by atoms with Crippen LogP contribution >= 0.6 is 0 Å². The van der Waals surface area contributed by atoms with Gasteiger partial charge in [0.2, 0.25) is 0 Å². The second-order valence-electron chi connectivity index (χ2n) is 10.8. The van der Waals surface area contributed by atoms with Gasteiger partial charge < -0.3 is 9.47 Å². The highest BCUT2D eigenvalue weighted by Crippen LogP contribution is 2.29. The number of rotatable bonds is 17. The molecule has 0 spiro atoms. The topological polar surface area (TPSA) is 68.7 Å². The summed E-state index contributed by atoms with van der Waals surface area (Å²) in [5.74, 6) is -0.888. The van der Waals surface area contributed by atoms with Crippen LogP contribution in [0.1, 0.15) is 136 Å². The van der Waals surface area contributed by atoms with Crippen LogP contribution in [0.4, 0.5) is 0 Å². The molecule has 0 N–H and O–H groups in total. The first-order chi connectivity index (χ1) is 19.6. The summed E-state index contributed by atoms with van der Waals surface area (Å²) >= 11 is 0. The maximum Gasteiger partial charge on any atom is 0.339 e. The van der Waals surface area contributed by atoms with Crippen LogP contribution in [0, 0.1) is 0 Å². The van der Waals surface area contributed by atoms with Crippen LogP contribution in [0.3, 0.4) is 0 Å². The van der Waals surface area contributed by atoms with E-state index >= 15 is 0 Å². The summed E-state index contributed by atoms with van der Waals surface area (Å²) in [5.41, 5.74) is 1.94. The van der Waals surface area contributed by atoms with Crippen molar-refractivity contribution in [1.29, 1.82) is 0 Å². The van der Waals surface area contributed by atoms with E-state index in [0.29, 0.717) is 30.4 Å². The summed E-state index contributed by atoms with van der Waals surface area (Å²) in [6.07, 6.45) is 20.0. The number of hydrogen-bond donors (Lipinski definition) is 0. The predicted octanol–water partition coefficient (Wildman–Crippen LogP) is 8.57. The molecule has 0 radical (unpaired) electrons. The maximum atomic E-state index is 12.4. The second-order valence-corrected chi connectivity index (χ2v) is 10.8. The molecule has 1 aromatic carbocycles.